The highest BCUT2D eigenvalue weighted by Crippen LogP contribution is 2.22. The van der Waals surface area contributed by atoms with E-state index in [9.17, 15) is 5.11 Å². The lowest BCUT2D eigenvalue weighted by atomic mass is 10.0. The van der Waals surface area contributed by atoms with Crippen molar-refractivity contribution in [3.63, 3.8) is 0 Å². The van der Waals surface area contributed by atoms with Crippen LogP contribution in [-0.2, 0) is 0 Å². The lowest BCUT2D eigenvalue weighted by molar-refractivity contribution is 0.110. The van der Waals surface area contributed by atoms with Gasteiger partial charge < -0.3 is 5.11 Å². The SMILES string of the molecule is C[C@H]1CCCCCC1O. The summed E-state index contributed by atoms with van der Waals surface area (Å²) in [4.78, 5) is 0. The molecule has 0 amide bonds. The minimum absolute atomic E-state index is 0.00694. The van der Waals surface area contributed by atoms with Crippen LogP contribution in [0.2, 0.25) is 0 Å². The van der Waals surface area contributed by atoms with E-state index >= 15 is 0 Å². The summed E-state index contributed by atoms with van der Waals surface area (Å²) in [5.74, 6) is 0.549. The van der Waals surface area contributed by atoms with Crippen molar-refractivity contribution < 1.29 is 5.11 Å². The average Bonchev–Trinajstić information content (AvgIpc) is 1.99. The van der Waals surface area contributed by atoms with Crippen molar-refractivity contribution in [1.29, 1.82) is 0 Å². The molecule has 2 atom stereocenters. The molecule has 1 aliphatic carbocycles. The molecule has 0 heterocycles. The molecule has 1 nitrogen and oxygen atoms in total. The highest BCUT2D eigenvalue weighted by molar-refractivity contribution is 4.68. The molecule has 0 bridgehead atoms. The Bertz CT molecular complexity index is 70.6. The van der Waals surface area contributed by atoms with Crippen LogP contribution in [0.3, 0.4) is 0 Å². The third-order valence-corrected chi connectivity index (χ3v) is 2.32. The first-order chi connectivity index (χ1) is 4.30. The fraction of sp³-hybridized carbons (Fsp3) is 1.00. The van der Waals surface area contributed by atoms with Crippen molar-refractivity contribution in [2.45, 2.75) is 45.1 Å². The molecular weight excluding hydrogens is 112 g/mol. The molecule has 1 aliphatic rings. The molecule has 1 N–H and O–H groups in total. The van der Waals surface area contributed by atoms with Gasteiger partial charge in [0.15, 0.2) is 0 Å². The lowest BCUT2D eigenvalue weighted by Crippen LogP contribution is -2.14. The van der Waals surface area contributed by atoms with Gasteiger partial charge >= 0.3 is 0 Å². The molecule has 1 rings (SSSR count). The summed E-state index contributed by atoms with van der Waals surface area (Å²) in [5.41, 5.74) is 0. The van der Waals surface area contributed by atoms with Crippen LogP contribution in [0.5, 0.6) is 0 Å². The Morgan fingerprint density at radius 3 is 2.56 bits per heavy atom. The average molecular weight is 128 g/mol. The van der Waals surface area contributed by atoms with Crippen molar-refractivity contribution in [2.75, 3.05) is 0 Å². The van der Waals surface area contributed by atoms with Crippen LogP contribution < -0.4 is 0 Å². The standard InChI is InChI=1S/C8H16O/c1-7-5-3-2-4-6-8(7)9/h7-9H,2-6H2,1H3/t7-,8?/m0/s1. The first-order valence-corrected chi connectivity index (χ1v) is 3.99. The van der Waals surface area contributed by atoms with Gasteiger partial charge in [-0.25, -0.2) is 0 Å². The molecule has 0 aromatic rings. The van der Waals surface area contributed by atoms with Crippen LogP contribution in [0, 0.1) is 5.92 Å². The van der Waals surface area contributed by atoms with Crippen LogP contribution in [0.15, 0.2) is 0 Å². The highest BCUT2D eigenvalue weighted by Gasteiger charge is 2.15. The van der Waals surface area contributed by atoms with Crippen molar-refractivity contribution in [2.24, 2.45) is 5.92 Å². The minimum Gasteiger partial charge on any atom is -0.393 e. The summed E-state index contributed by atoms with van der Waals surface area (Å²) in [7, 11) is 0. The van der Waals surface area contributed by atoms with Gasteiger partial charge in [-0.15, -0.1) is 0 Å². The van der Waals surface area contributed by atoms with Gasteiger partial charge in [0.2, 0.25) is 0 Å². The zero-order valence-electron chi connectivity index (χ0n) is 6.14. The molecule has 1 saturated carbocycles. The third-order valence-electron chi connectivity index (χ3n) is 2.32. The monoisotopic (exact) mass is 128 g/mol. The number of aliphatic hydroxyl groups excluding tert-OH is 1. The quantitative estimate of drug-likeness (QED) is 0.494. The van der Waals surface area contributed by atoms with Crippen molar-refractivity contribution in [3.8, 4) is 0 Å². The van der Waals surface area contributed by atoms with Crippen LogP contribution in [0.4, 0.5) is 0 Å². The van der Waals surface area contributed by atoms with Gasteiger partial charge in [-0.2, -0.15) is 0 Å². The Balaban J connectivity index is 2.32. The molecule has 0 aliphatic heterocycles. The third kappa shape index (κ3) is 1.98. The van der Waals surface area contributed by atoms with Crippen LogP contribution >= 0.6 is 0 Å². The zero-order chi connectivity index (χ0) is 6.69. The van der Waals surface area contributed by atoms with Crippen LogP contribution in [0.25, 0.3) is 0 Å². The second-order valence-electron chi connectivity index (χ2n) is 3.18. The summed E-state index contributed by atoms with van der Waals surface area (Å²) < 4.78 is 0. The fourth-order valence-corrected chi connectivity index (χ4v) is 1.47. The summed E-state index contributed by atoms with van der Waals surface area (Å²) in [6.45, 7) is 2.15. The molecule has 9 heavy (non-hydrogen) atoms. The Morgan fingerprint density at radius 2 is 1.78 bits per heavy atom. The molecule has 1 unspecified atom stereocenters. The van der Waals surface area contributed by atoms with Gasteiger partial charge in [-0.3, -0.25) is 0 Å². The number of rotatable bonds is 0. The summed E-state index contributed by atoms with van der Waals surface area (Å²) >= 11 is 0. The molecule has 1 fully saturated rings. The maximum absolute atomic E-state index is 9.36. The molecular formula is C8H16O. The molecule has 0 saturated heterocycles. The van der Waals surface area contributed by atoms with E-state index in [0.717, 1.165) is 6.42 Å². The van der Waals surface area contributed by atoms with E-state index in [-0.39, 0.29) is 6.10 Å². The predicted molar refractivity (Wildman–Crippen MR) is 38.3 cm³/mol. The normalized spacial score (nSPS) is 38.0. The van der Waals surface area contributed by atoms with Gasteiger partial charge in [0.25, 0.3) is 0 Å². The second-order valence-corrected chi connectivity index (χ2v) is 3.18. The van der Waals surface area contributed by atoms with E-state index < -0.39 is 0 Å². The number of aliphatic hydroxyl groups is 1. The van der Waals surface area contributed by atoms with E-state index in [4.69, 9.17) is 0 Å². The Morgan fingerprint density at radius 1 is 1.11 bits per heavy atom. The van der Waals surface area contributed by atoms with Crippen LogP contribution in [-0.4, -0.2) is 11.2 Å². The van der Waals surface area contributed by atoms with Gasteiger partial charge in [-0.1, -0.05) is 26.2 Å². The first-order valence-electron chi connectivity index (χ1n) is 3.99. The van der Waals surface area contributed by atoms with Crippen molar-refractivity contribution in [1.82, 2.24) is 0 Å². The van der Waals surface area contributed by atoms with Crippen LogP contribution in [0.1, 0.15) is 39.0 Å². The van der Waals surface area contributed by atoms with E-state index in [0.29, 0.717) is 5.92 Å². The molecule has 0 radical (unpaired) electrons. The maximum Gasteiger partial charge on any atom is 0.0565 e. The van der Waals surface area contributed by atoms with Crippen molar-refractivity contribution in [3.05, 3.63) is 0 Å². The minimum atomic E-state index is -0.00694. The summed E-state index contributed by atoms with van der Waals surface area (Å²) in [6, 6.07) is 0. The Kier molecular flexibility index (Phi) is 2.52. The molecule has 0 spiro atoms. The van der Waals surface area contributed by atoms with Gasteiger partial charge in [0.05, 0.1) is 6.10 Å². The topological polar surface area (TPSA) is 20.2 Å². The number of hydrogen-bond acceptors (Lipinski definition) is 1. The Hall–Kier alpha value is -0.0400. The lowest BCUT2D eigenvalue weighted by Gasteiger charge is -2.13. The Labute approximate surface area is 57.1 Å². The van der Waals surface area contributed by atoms with E-state index in [2.05, 4.69) is 6.92 Å². The predicted octanol–water partition coefficient (Wildman–Crippen LogP) is 1.95. The van der Waals surface area contributed by atoms with E-state index in [1.807, 2.05) is 0 Å². The molecule has 0 aromatic carbocycles. The maximum atomic E-state index is 9.36. The van der Waals surface area contributed by atoms with Gasteiger partial charge in [-0.05, 0) is 18.8 Å². The number of hydrogen-bond donors (Lipinski definition) is 1. The van der Waals surface area contributed by atoms with Gasteiger partial charge in [0, 0.05) is 0 Å². The van der Waals surface area contributed by atoms with Gasteiger partial charge in [0.1, 0.15) is 0 Å². The zero-order valence-corrected chi connectivity index (χ0v) is 6.14. The van der Waals surface area contributed by atoms with Crippen molar-refractivity contribution >= 4 is 0 Å². The molecule has 0 aromatic heterocycles. The smallest absolute Gasteiger partial charge is 0.0565 e. The molecule has 1 heteroatoms. The highest BCUT2D eigenvalue weighted by atomic mass is 16.3. The largest absolute Gasteiger partial charge is 0.393 e. The fourth-order valence-electron chi connectivity index (χ4n) is 1.47. The second kappa shape index (κ2) is 3.21. The molecule has 54 valence electrons. The van der Waals surface area contributed by atoms with E-state index in [1.165, 1.54) is 25.7 Å². The first kappa shape index (κ1) is 7.07. The summed E-state index contributed by atoms with van der Waals surface area (Å²) in [6.07, 6.45) is 6.11. The summed E-state index contributed by atoms with van der Waals surface area (Å²) in [5, 5.41) is 9.36. The van der Waals surface area contributed by atoms with E-state index in [1.54, 1.807) is 0 Å².